The van der Waals surface area contributed by atoms with E-state index in [1.807, 2.05) is 25.3 Å². The van der Waals surface area contributed by atoms with Crippen molar-refractivity contribution in [3.63, 3.8) is 0 Å². The Morgan fingerprint density at radius 1 is 0.792 bits per heavy atom. The minimum atomic E-state index is -2.06. The van der Waals surface area contributed by atoms with Crippen LogP contribution < -0.4 is 9.47 Å². The van der Waals surface area contributed by atoms with Crippen LogP contribution in [0, 0.1) is 23.7 Å². The fraction of sp³-hybridized carbons (Fsp3) is 0.857. The maximum atomic E-state index is 7.20. The van der Waals surface area contributed by atoms with Gasteiger partial charge in [-0.15, -0.1) is 0 Å². The molecule has 2 rings (SSSR count). The van der Waals surface area contributed by atoms with Crippen molar-refractivity contribution in [2.24, 2.45) is 23.7 Å². The number of benzene rings is 1. The summed E-state index contributed by atoms with van der Waals surface area (Å²) in [6.07, 6.45) is 3.32. The number of rotatable bonds is 23. The lowest BCUT2D eigenvalue weighted by Gasteiger charge is -2.43. The lowest BCUT2D eigenvalue weighted by Crippen LogP contribution is -2.48. The molecule has 1 unspecified atom stereocenters. The van der Waals surface area contributed by atoms with Gasteiger partial charge in [0.25, 0.3) is 0 Å². The highest BCUT2D eigenvalue weighted by atomic mass is 28.4. The Balaban J connectivity index is 2.21. The van der Waals surface area contributed by atoms with E-state index in [1.165, 1.54) is 0 Å². The Morgan fingerprint density at radius 3 is 1.94 bits per heavy atom. The third kappa shape index (κ3) is 14.1. The highest BCUT2D eigenvalue weighted by Crippen LogP contribution is 2.41. The molecule has 1 heterocycles. The van der Waals surface area contributed by atoms with Crippen LogP contribution in [0.15, 0.2) is 18.2 Å². The van der Waals surface area contributed by atoms with Gasteiger partial charge in [0.2, 0.25) is 0 Å². The predicted molar refractivity (Wildman–Crippen MR) is 221 cm³/mol. The minimum absolute atomic E-state index is 0.0249. The third-order valence-electron chi connectivity index (χ3n) is 12.6. The molecule has 9 atom stereocenters. The van der Waals surface area contributed by atoms with Gasteiger partial charge in [-0.3, -0.25) is 0 Å². The first kappa shape index (κ1) is 48.1. The summed E-state index contributed by atoms with van der Waals surface area (Å²) in [4.78, 5) is 0. The lowest BCUT2D eigenvalue weighted by atomic mass is 9.84. The summed E-state index contributed by atoms with van der Waals surface area (Å²) in [5.41, 5.74) is 0.988. The second-order valence-corrected chi connectivity index (χ2v) is 28.3. The average Bonchev–Trinajstić information content (AvgIpc) is 3.47. The standard InChI is InChI=1S/C42H80O9Si2/c1-29(36(44-12)25-37(51-53(17,18)42(8,9)10)31(3)26-49-52(15,16)41(5,6)7)19-21-34(32(4)40-30(2)23-39(46-14)50-40)48-28-47-27-33-20-22-35(43-11)38(24-33)45-13/h20,22,24,29-32,34,36-37,39-40H,19,21,23,25-28H2,1-18H3/t29-,30+,31+,32-,34+,36-,37-,39?,40+/m0/s1. The van der Waals surface area contributed by atoms with Crippen molar-refractivity contribution < 1.29 is 42.0 Å². The largest absolute Gasteiger partial charge is 0.493 e. The molecule has 0 spiro atoms. The van der Waals surface area contributed by atoms with Crippen LogP contribution in [-0.4, -0.2) is 89.2 Å². The summed E-state index contributed by atoms with van der Waals surface area (Å²) in [6, 6.07) is 5.81. The minimum Gasteiger partial charge on any atom is -0.493 e. The molecule has 1 aromatic rings. The number of ether oxygens (including phenoxy) is 7. The van der Waals surface area contributed by atoms with Crippen LogP contribution in [0.2, 0.25) is 36.3 Å². The van der Waals surface area contributed by atoms with E-state index in [9.17, 15) is 0 Å². The number of hydrogen-bond acceptors (Lipinski definition) is 9. The first-order valence-electron chi connectivity index (χ1n) is 19.9. The van der Waals surface area contributed by atoms with Crippen LogP contribution in [0.25, 0.3) is 0 Å². The van der Waals surface area contributed by atoms with Crippen molar-refractivity contribution in [3.05, 3.63) is 23.8 Å². The summed E-state index contributed by atoms with van der Waals surface area (Å²) < 4.78 is 55.7. The van der Waals surface area contributed by atoms with Gasteiger partial charge in [0.15, 0.2) is 34.4 Å². The topological polar surface area (TPSA) is 83.1 Å². The molecule has 310 valence electrons. The molecule has 53 heavy (non-hydrogen) atoms. The molecule has 0 bridgehead atoms. The Morgan fingerprint density at radius 2 is 1.42 bits per heavy atom. The van der Waals surface area contributed by atoms with Gasteiger partial charge >= 0.3 is 0 Å². The third-order valence-corrected chi connectivity index (χ3v) is 21.6. The highest BCUT2D eigenvalue weighted by molar-refractivity contribution is 6.74. The van der Waals surface area contributed by atoms with Crippen molar-refractivity contribution >= 4 is 16.6 Å². The molecule has 0 N–H and O–H groups in total. The number of hydrogen-bond donors (Lipinski definition) is 0. The Hall–Kier alpha value is -1.03. The van der Waals surface area contributed by atoms with E-state index in [1.54, 1.807) is 21.3 Å². The summed E-state index contributed by atoms with van der Waals surface area (Å²) in [5.74, 6) is 2.38. The van der Waals surface area contributed by atoms with E-state index in [0.29, 0.717) is 30.6 Å². The quantitative estimate of drug-likeness (QED) is 0.0612. The molecule has 1 aliphatic rings. The van der Waals surface area contributed by atoms with E-state index in [-0.39, 0.29) is 65.3 Å². The van der Waals surface area contributed by atoms with Crippen LogP contribution in [0.5, 0.6) is 11.5 Å². The van der Waals surface area contributed by atoms with E-state index < -0.39 is 16.6 Å². The first-order chi connectivity index (χ1) is 24.5. The van der Waals surface area contributed by atoms with Crippen molar-refractivity contribution in [2.45, 2.75) is 168 Å². The van der Waals surface area contributed by atoms with E-state index in [0.717, 1.165) is 31.2 Å². The van der Waals surface area contributed by atoms with Gasteiger partial charge < -0.3 is 42.0 Å². The van der Waals surface area contributed by atoms with Crippen molar-refractivity contribution in [3.8, 4) is 11.5 Å². The van der Waals surface area contributed by atoms with Crippen LogP contribution >= 0.6 is 0 Å². The highest BCUT2D eigenvalue weighted by Gasteiger charge is 2.43. The predicted octanol–water partition coefficient (Wildman–Crippen LogP) is 10.5. The molecule has 1 aromatic carbocycles. The molecular formula is C42H80O9Si2. The maximum Gasteiger partial charge on any atom is 0.192 e. The zero-order valence-corrected chi connectivity index (χ0v) is 39.1. The van der Waals surface area contributed by atoms with E-state index in [2.05, 4.69) is 95.4 Å². The average molecular weight is 785 g/mol. The van der Waals surface area contributed by atoms with Gasteiger partial charge in [-0.2, -0.15) is 0 Å². The molecule has 1 fully saturated rings. The lowest BCUT2D eigenvalue weighted by molar-refractivity contribution is -0.162. The molecule has 0 radical (unpaired) electrons. The molecule has 0 amide bonds. The van der Waals surface area contributed by atoms with E-state index in [4.69, 9.17) is 42.0 Å². The van der Waals surface area contributed by atoms with Gasteiger partial charge in [-0.1, -0.05) is 75.3 Å². The Labute approximate surface area is 327 Å². The Bertz CT molecular complexity index is 1200. The molecule has 1 aliphatic heterocycles. The van der Waals surface area contributed by atoms with Gasteiger partial charge in [-0.05, 0) is 85.1 Å². The van der Waals surface area contributed by atoms with Crippen LogP contribution in [0.3, 0.4) is 0 Å². The number of methoxy groups -OCH3 is 4. The smallest absolute Gasteiger partial charge is 0.192 e. The normalized spacial score (nSPS) is 22.3. The summed E-state index contributed by atoms with van der Waals surface area (Å²) in [5, 5.41) is 0.255. The second kappa shape index (κ2) is 20.9. The van der Waals surface area contributed by atoms with Crippen molar-refractivity contribution in [2.75, 3.05) is 41.8 Å². The molecule has 9 nitrogen and oxygen atoms in total. The maximum absolute atomic E-state index is 7.20. The SMILES string of the molecule is COc1ccc(COCO[C@H](CC[C@H](C)[C@H](C[C@H](O[Si](C)(C)C(C)(C)C)[C@H](C)CO[Si](C)(C)C(C)(C)C)OC)[C@H](C)[C@@H]2OC(OC)C[C@H]2C)cc1OC. The molecule has 0 saturated carbocycles. The monoisotopic (exact) mass is 785 g/mol. The van der Waals surface area contributed by atoms with Crippen LogP contribution in [0.1, 0.15) is 100 Å². The van der Waals surface area contributed by atoms with E-state index >= 15 is 0 Å². The Kier molecular flexibility index (Phi) is 19.0. The van der Waals surface area contributed by atoms with Crippen LogP contribution in [-0.2, 0) is 39.1 Å². The van der Waals surface area contributed by atoms with Gasteiger partial charge in [-0.25, -0.2) is 0 Å². The van der Waals surface area contributed by atoms with Crippen LogP contribution in [0.4, 0.5) is 0 Å². The first-order valence-corrected chi connectivity index (χ1v) is 25.8. The molecule has 1 saturated heterocycles. The van der Waals surface area contributed by atoms with Gasteiger partial charge in [0.05, 0.1) is 45.2 Å². The van der Waals surface area contributed by atoms with Crippen molar-refractivity contribution in [1.82, 2.24) is 0 Å². The van der Waals surface area contributed by atoms with Gasteiger partial charge in [0.1, 0.15) is 6.79 Å². The van der Waals surface area contributed by atoms with Gasteiger partial charge in [0, 0.05) is 39.1 Å². The molecule has 0 aliphatic carbocycles. The fourth-order valence-electron chi connectivity index (χ4n) is 6.59. The summed E-state index contributed by atoms with van der Waals surface area (Å²) in [6.45, 7) is 33.6. The molecule has 11 heteroatoms. The molecule has 0 aromatic heterocycles. The van der Waals surface area contributed by atoms with Crippen molar-refractivity contribution in [1.29, 1.82) is 0 Å². The zero-order valence-electron chi connectivity index (χ0n) is 37.1. The zero-order chi connectivity index (χ0) is 40.4. The summed E-state index contributed by atoms with van der Waals surface area (Å²) in [7, 11) is 2.87. The summed E-state index contributed by atoms with van der Waals surface area (Å²) >= 11 is 0. The fourth-order valence-corrected chi connectivity index (χ4v) is 9.14. The molecular weight excluding hydrogens is 705 g/mol. The second-order valence-electron chi connectivity index (χ2n) is 18.7.